The SMILES string of the molecule is CCC(CC)C(=O)/C=C(\O)C(CC)CC.[2H]C([2H])([2H])c1c(-c2ccnc(-c3[c-]c4ccccc4c(C(C)(C)C)c3)c2)oc2cc(C([2H])([2H])C(C)(C)C)ccc12.[Ir]. The number of carbonyl (C=O) groups excluding carboxylic acids is 1. The zero-order valence-corrected chi connectivity index (χ0v) is 34.4. The number of nitrogens with zero attached hydrogens (tertiary/aromatic N) is 1. The summed E-state index contributed by atoms with van der Waals surface area (Å²) in [6.07, 6.45) is 4.92. The van der Waals surface area contributed by atoms with Gasteiger partial charge in [-0.2, -0.15) is 0 Å². The fourth-order valence-electron chi connectivity index (χ4n) is 6.30. The van der Waals surface area contributed by atoms with E-state index in [-0.39, 0.29) is 60.2 Å². The summed E-state index contributed by atoms with van der Waals surface area (Å²) in [7, 11) is 0. The maximum Gasteiger partial charge on any atom is 0.162 e. The van der Waals surface area contributed by atoms with E-state index < -0.39 is 18.6 Å². The van der Waals surface area contributed by atoms with Gasteiger partial charge in [0.2, 0.25) is 0 Å². The number of fused-ring (bicyclic) bond motifs is 2. The largest absolute Gasteiger partial charge is 0.512 e. The number of hydrogen-bond acceptors (Lipinski definition) is 4. The molecule has 5 rings (SSSR count). The predicted octanol–water partition coefficient (Wildman–Crippen LogP) is 13.2. The number of ketones is 1. The van der Waals surface area contributed by atoms with E-state index in [9.17, 15) is 9.90 Å². The molecular formula is C46H58IrNO3-. The van der Waals surface area contributed by atoms with Crippen molar-refractivity contribution >= 4 is 27.5 Å². The predicted molar refractivity (Wildman–Crippen MR) is 212 cm³/mol. The molecule has 0 aliphatic carbocycles. The van der Waals surface area contributed by atoms with E-state index in [1.165, 1.54) is 11.6 Å². The Morgan fingerprint density at radius 3 is 2.20 bits per heavy atom. The molecule has 1 radical (unpaired) electrons. The molecule has 5 heteroatoms. The molecule has 1 N–H and O–H groups in total. The van der Waals surface area contributed by atoms with Crippen molar-refractivity contribution < 1.29 is 41.3 Å². The van der Waals surface area contributed by atoms with Crippen LogP contribution in [-0.2, 0) is 36.7 Å². The van der Waals surface area contributed by atoms with E-state index in [0.717, 1.165) is 42.0 Å². The second kappa shape index (κ2) is 17.8. The number of aromatic nitrogens is 1. The molecule has 0 spiro atoms. The number of pyridine rings is 1. The Kier molecular flexibility index (Phi) is 12.1. The van der Waals surface area contributed by atoms with Crippen molar-refractivity contribution in [3.05, 3.63) is 101 Å². The monoisotopic (exact) mass is 870 g/mol. The van der Waals surface area contributed by atoms with Gasteiger partial charge in [0.1, 0.15) is 11.3 Å². The van der Waals surface area contributed by atoms with Crippen LogP contribution in [0.3, 0.4) is 0 Å². The molecule has 51 heavy (non-hydrogen) atoms. The van der Waals surface area contributed by atoms with Gasteiger partial charge in [0.25, 0.3) is 0 Å². The molecule has 3 aromatic carbocycles. The Morgan fingerprint density at radius 2 is 1.59 bits per heavy atom. The van der Waals surface area contributed by atoms with Crippen LogP contribution in [0.1, 0.15) is 118 Å². The van der Waals surface area contributed by atoms with Crippen LogP contribution < -0.4 is 0 Å². The first kappa shape index (κ1) is 34.5. The number of aryl methyl sites for hydroxylation is 1. The minimum absolute atomic E-state index is 0. The van der Waals surface area contributed by atoms with Gasteiger partial charge in [0.05, 0.1) is 5.76 Å². The Bertz CT molecular complexity index is 2150. The van der Waals surface area contributed by atoms with Gasteiger partial charge in [-0.25, -0.2) is 0 Å². The van der Waals surface area contributed by atoms with Crippen molar-refractivity contribution in [2.45, 2.75) is 114 Å². The van der Waals surface area contributed by atoms with Gasteiger partial charge in [-0.05, 0) is 67.4 Å². The molecule has 0 aliphatic rings. The maximum absolute atomic E-state index is 11.7. The van der Waals surface area contributed by atoms with Gasteiger partial charge in [-0.1, -0.05) is 117 Å². The molecule has 0 fully saturated rings. The van der Waals surface area contributed by atoms with Crippen molar-refractivity contribution in [2.24, 2.45) is 17.3 Å². The molecule has 4 nitrogen and oxygen atoms in total. The minimum Gasteiger partial charge on any atom is -0.512 e. The number of aliphatic hydroxyl groups is 1. The van der Waals surface area contributed by atoms with Gasteiger partial charge in [0.15, 0.2) is 5.78 Å². The van der Waals surface area contributed by atoms with Crippen molar-refractivity contribution in [1.82, 2.24) is 4.98 Å². The molecule has 0 amide bonds. The van der Waals surface area contributed by atoms with Crippen molar-refractivity contribution in [1.29, 1.82) is 0 Å². The van der Waals surface area contributed by atoms with E-state index in [2.05, 4.69) is 44.0 Å². The van der Waals surface area contributed by atoms with Gasteiger partial charge in [0, 0.05) is 73.3 Å². The third-order valence-electron chi connectivity index (χ3n) is 9.17. The quantitative estimate of drug-likeness (QED) is 0.0863. The summed E-state index contributed by atoms with van der Waals surface area (Å²) in [4.78, 5) is 16.3. The van der Waals surface area contributed by atoms with Crippen LogP contribution in [-0.4, -0.2) is 15.9 Å². The van der Waals surface area contributed by atoms with E-state index >= 15 is 0 Å². The summed E-state index contributed by atoms with van der Waals surface area (Å²) in [6, 6.07) is 22.3. The summed E-state index contributed by atoms with van der Waals surface area (Å²) in [6.45, 7) is 17.7. The van der Waals surface area contributed by atoms with Crippen LogP contribution in [0.4, 0.5) is 0 Å². The zero-order valence-electron chi connectivity index (χ0n) is 37.0. The van der Waals surface area contributed by atoms with E-state index in [0.29, 0.717) is 27.8 Å². The van der Waals surface area contributed by atoms with Crippen LogP contribution in [0.5, 0.6) is 0 Å². The molecule has 0 aliphatic heterocycles. The number of benzene rings is 3. The van der Waals surface area contributed by atoms with Crippen LogP contribution in [0.2, 0.25) is 0 Å². The van der Waals surface area contributed by atoms with E-state index in [4.69, 9.17) is 11.3 Å². The number of aliphatic hydroxyl groups excluding tert-OH is 1. The molecular weight excluding hydrogens is 807 g/mol. The molecule has 5 aromatic rings. The summed E-state index contributed by atoms with van der Waals surface area (Å²) in [5.41, 5.74) is 3.38. The smallest absolute Gasteiger partial charge is 0.162 e. The normalized spacial score (nSPS) is 14.3. The van der Waals surface area contributed by atoms with E-state index in [1.54, 1.807) is 30.5 Å². The first-order valence-corrected chi connectivity index (χ1v) is 18.0. The Balaban J connectivity index is 0.000000448. The first-order chi connectivity index (χ1) is 25.6. The molecule has 2 heterocycles. The summed E-state index contributed by atoms with van der Waals surface area (Å²) >= 11 is 0. The van der Waals surface area contributed by atoms with Gasteiger partial charge >= 0.3 is 0 Å². The Labute approximate surface area is 327 Å². The van der Waals surface area contributed by atoms with Crippen LogP contribution in [0, 0.1) is 30.2 Å². The minimum atomic E-state index is -2.44. The molecule has 0 bridgehead atoms. The number of rotatable bonds is 10. The van der Waals surface area contributed by atoms with Gasteiger partial charge < -0.3 is 9.52 Å². The maximum atomic E-state index is 11.7. The van der Waals surface area contributed by atoms with Crippen LogP contribution in [0.25, 0.3) is 44.3 Å². The number of carbonyl (C=O) groups is 1. The third-order valence-corrected chi connectivity index (χ3v) is 9.17. The summed E-state index contributed by atoms with van der Waals surface area (Å²) in [5, 5.41) is 12.3. The van der Waals surface area contributed by atoms with Gasteiger partial charge in [-0.3, -0.25) is 9.78 Å². The van der Waals surface area contributed by atoms with Crippen molar-refractivity contribution in [2.75, 3.05) is 0 Å². The Hall–Kier alpha value is -3.53. The number of allylic oxidation sites excluding steroid dienone is 2. The number of furan rings is 1. The molecule has 0 saturated heterocycles. The topological polar surface area (TPSA) is 63.3 Å². The first-order valence-electron chi connectivity index (χ1n) is 20.5. The second-order valence-electron chi connectivity index (χ2n) is 15.2. The van der Waals surface area contributed by atoms with Gasteiger partial charge in [-0.15, -0.1) is 29.1 Å². The molecule has 275 valence electrons. The summed E-state index contributed by atoms with van der Waals surface area (Å²) in [5.74, 6) is 0.787. The standard InChI is InChI=1S/C33H34NO.C13H24O2.Ir/c1-21-26-13-12-22(20-32(2,3)4)16-30(26)35-31(21)24-14-15-34-29(19-24)25-17-23-10-8-9-11-27(23)28(18-25)33(5,6)7;1-5-10(6-2)12(14)9-13(15)11(7-3)8-4;/h8-16,18-19H,20H2,1-7H3;9-11,14H,5-8H2,1-4H3;/q-1;;/b;12-9-;/i1D3,20D2;;. The zero-order chi connectivity index (χ0) is 41.1. The average Bonchev–Trinajstić information content (AvgIpc) is 3.52. The van der Waals surface area contributed by atoms with Crippen molar-refractivity contribution in [3.8, 4) is 22.6 Å². The molecule has 0 unspecified atom stereocenters. The molecule has 0 saturated carbocycles. The Morgan fingerprint density at radius 1 is 0.922 bits per heavy atom. The second-order valence-corrected chi connectivity index (χ2v) is 15.2. The average molecular weight is 870 g/mol. The summed E-state index contributed by atoms with van der Waals surface area (Å²) < 4.78 is 48.6. The molecule has 0 atom stereocenters. The molecule has 2 aromatic heterocycles. The fraction of sp³-hybridized carbons (Fsp3) is 0.435. The van der Waals surface area contributed by atoms with Crippen LogP contribution in [0.15, 0.2) is 83.1 Å². The van der Waals surface area contributed by atoms with E-state index in [1.807, 2.05) is 72.7 Å². The number of hydrogen-bond donors (Lipinski definition) is 1. The van der Waals surface area contributed by atoms with Crippen molar-refractivity contribution in [3.63, 3.8) is 0 Å². The van der Waals surface area contributed by atoms with Crippen LogP contribution >= 0.6 is 0 Å². The third kappa shape index (κ3) is 10.5. The fourth-order valence-corrected chi connectivity index (χ4v) is 6.30.